The molecule has 1 fully saturated rings. The molecule has 27 heavy (non-hydrogen) atoms. The predicted octanol–water partition coefficient (Wildman–Crippen LogP) is 3.14. The molecule has 0 aliphatic carbocycles. The maximum absolute atomic E-state index is 12.4. The summed E-state index contributed by atoms with van der Waals surface area (Å²) >= 11 is 0. The summed E-state index contributed by atoms with van der Waals surface area (Å²) < 4.78 is 31.4. The van der Waals surface area contributed by atoms with Crippen molar-refractivity contribution in [1.29, 1.82) is 0 Å². The van der Waals surface area contributed by atoms with Crippen molar-refractivity contribution >= 4 is 5.96 Å². The highest BCUT2D eigenvalue weighted by molar-refractivity contribution is 5.80. The lowest BCUT2D eigenvalue weighted by molar-refractivity contribution is -0.0498. The molecule has 1 aromatic heterocycles. The van der Waals surface area contributed by atoms with Crippen LogP contribution in [-0.4, -0.2) is 47.2 Å². The van der Waals surface area contributed by atoms with Crippen LogP contribution < -0.4 is 10.1 Å². The van der Waals surface area contributed by atoms with E-state index in [1.54, 1.807) is 25.4 Å². The lowest BCUT2D eigenvalue weighted by Crippen LogP contribution is -2.48. The summed E-state index contributed by atoms with van der Waals surface area (Å²) in [5.74, 6) is 1.51. The van der Waals surface area contributed by atoms with Crippen molar-refractivity contribution in [2.75, 3.05) is 20.1 Å². The highest BCUT2D eigenvalue weighted by atomic mass is 19.3. The molecule has 2 aromatic rings. The van der Waals surface area contributed by atoms with Gasteiger partial charge in [0.05, 0.1) is 12.4 Å². The first kappa shape index (κ1) is 19.1. The van der Waals surface area contributed by atoms with Crippen molar-refractivity contribution in [1.82, 2.24) is 19.8 Å². The summed E-state index contributed by atoms with van der Waals surface area (Å²) in [6.07, 6.45) is 6.71. The molecule has 2 unspecified atom stereocenters. The van der Waals surface area contributed by atoms with Crippen molar-refractivity contribution in [3.05, 3.63) is 48.5 Å². The van der Waals surface area contributed by atoms with E-state index in [1.807, 2.05) is 18.6 Å². The smallest absolute Gasteiger partial charge is 0.387 e. The van der Waals surface area contributed by atoms with Crippen LogP contribution in [0.5, 0.6) is 5.75 Å². The molecule has 0 bridgehead atoms. The molecular weight excluding hydrogens is 352 g/mol. The number of aromatic nitrogens is 2. The molecule has 1 saturated heterocycles. The highest BCUT2D eigenvalue weighted by Crippen LogP contribution is 2.27. The molecule has 2 heterocycles. The van der Waals surface area contributed by atoms with Crippen LogP contribution in [0.25, 0.3) is 0 Å². The number of alkyl halides is 2. The van der Waals surface area contributed by atoms with Gasteiger partial charge in [0.2, 0.25) is 0 Å². The van der Waals surface area contributed by atoms with E-state index < -0.39 is 6.61 Å². The SMILES string of the molecule is CN=C(NCc1cccc(OC(F)F)c1)N1CCC(C)C(n2ccnc2)C1. The second-order valence-electron chi connectivity index (χ2n) is 6.72. The van der Waals surface area contributed by atoms with Crippen molar-refractivity contribution in [3.8, 4) is 5.75 Å². The summed E-state index contributed by atoms with van der Waals surface area (Å²) in [6.45, 7) is 1.67. The van der Waals surface area contributed by atoms with Gasteiger partial charge in [0.1, 0.15) is 5.75 Å². The fourth-order valence-electron chi connectivity index (χ4n) is 3.44. The van der Waals surface area contributed by atoms with Gasteiger partial charge in [-0.15, -0.1) is 0 Å². The number of halogens is 2. The van der Waals surface area contributed by atoms with Gasteiger partial charge < -0.3 is 19.5 Å². The normalized spacial score (nSPS) is 20.8. The van der Waals surface area contributed by atoms with Gasteiger partial charge >= 0.3 is 6.61 Å². The maximum atomic E-state index is 12.4. The summed E-state index contributed by atoms with van der Waals surface area (Å²) in [5, 5.41) is 3.32. The molecule has 3 rings (SSSR count). The first-order valence-electron chi connectivity index (χ1n) is 9.03. The van der Waals surface area contributed by atoms with E-state index in [0.29, 0.717) is 18.5 Å². The number of hydrogen-bond acceptors (Lipinski definition) is 3. The number of benzene rings is 1. The van der Waals surface area contributed by atoms with E-state index in [4.69, 9.17) is 0 Å². The predicted molar refractivity (Wildman–Crippen MR) is 99.9 cm³/mol. The number of guanidine groups is 1. The largest absolute Gasteiger partial charge is 0.435 e. The Labute approximate surface area is 157 Å². The van der Waals surface area contributed by atoms with Crippen LogP contribution in [0.4, 0.5) is 8.78 Å². The number of imidazole rings is 1. The summed E-state index contributed by atoms with van der Waals surface area (Å²) in [6, 6.07) is 7.04. The van der Waals surface area contributed by atoms with Crippen molar-refractivity contribution in [3.63, 3.8) is 0 Å². The van der Waals surface area contributed by atoms with Crippen molar-refractivity contribution in [2.45, 2.75) is 32.5 Å². The monoisotopic (exact) mass is 377 g/mol. The Hall–Kier alpha value is -2.64. The molecule has 6 nitrogen and oxygen atoms in total. The van der Waals surface area contributed by atoms with E-state index in [1.165, 1.54) is 6.07 Å². The zero-order valence-corrected chi connectivity index (χ0v) is 15.6. The Morgan fingerprint density at radius 3 is 3.00 bits per heavy atom. The zero-order chi connectivity index (χ0) is 19.2. The van der Waals surface area contributed by atoms with E-state index >= 15 is 0 Å². The first-order chi connectivity index (χ1) is 13.1. The molecule has 0 radical (unpaired) electrons. The van der Waals surface area contributed by atoms with Gasteiger partial charge in [-0.3, -0.25) is 4.99 Å². The minimum Gasteiger partial charge on any atom is -0.435 e. The highest BCUT2D eigenvalue weighted by Gasteiger charge is 2.28. The standard InChI is InChI=1S/C19H25F2N5O/c1-14-6-8-25(12-17(14)26-9-7-23-13-26)19(22-2)24-11-15-4-3-5-16(10-15)27-18(20)21/h3-5,7,9-10,13-14,17-18H,6,8,11-12H2,1-2H3,(H,22,24). The average molecular weight is 377 g/mol. The fraction of sp³-hybridized carbons (Fsp3) is 0.474. The van der Waals surface area contributed by atoms with Crippen LogP contribution in [0.3, 0.4) is 0 Å². The topological polar surface area (TPSA) is 54.7 Å². The third kappa shape index (κ3) is 4.96. The Morgan fingerprint density at radius 1 is 1.44 bits per heavy atom. The first-order valence-corrected chi connectivity index (χ1v) is 9.03. The molecule has 0 spiro atoms. The van der Waals surface area contributed by atoms with Crippen molar-refractivity contribution < 1.29 is 13.5 Å². The van der Waals surface area contributed by atoms with Crippen LogP contribution in [-0.2, 0) is 6.54 Å². The molecule has 146 valence electrons. The van der Waals surface area contributed by atoms with E-state index in [-0.39, 0.29) is 5.75 Å². The number of likely N-dealkylation sites (tertiary alicyclic amines) is 1. The molecule has 1 aliphatic rings. The van der Waals surface area contributed by atoms with Crippen LogP contribution >= 0.6 is 0 Å². The number of hydrogen-bond donors (Lipinski definition) is 1. The minimum absolute atomic E-state index is 0.159. The Kier molecular flexibility index (Phi) is 6.26. The number of nitrogens with one attached hydrogen (secondary N) is 1. The third-order valence-electron chi connectivity index (χ3n) is 4.91. The van der Waals surface area contributed by atoms with Gasteiger partial charge in [-0.25, -0.2) is 4.98 Å². The molecule has 1 aromatic carbocycles. The van der Waals surface area contributed by atoms with E-state index in [0.717, 1.165) is 31.0 Å². The molecule has 2 atom stereocenters. The number of piperidine rings is 1. The van der Waals surface area contributed by atoms with E-state index in [2.05, 4.69) is 36.4 Å². The molecule has 8 heteroatoms. The van der Waals surface area contributed by atoms with Crippen LogP contribution in [0, 0.1) is 5.92 Å². The lowest BCUT2D eigenvalue weighted by atomic mass is 9.93. The summed E-state index contributed by atoms with van der Waals surface area (Å²) in [7, 11) is 1.75. The zero-order valence-electron chi connectivity index (χ0n) is 15.6. The Balaban J connectivity index is 1.62. The van der Waals surface area contributed by atoms with Gasteiger partial charge in [-0.2, -0.15) is 8.78 Å². The average Bonchev–Trinajstić information content (AvgIpc) is 3.17. The maximum Gasteiger partial charge on any atom is 0.387 e. The van der Waals surface area contributed by atoms with Crippen LogP contribution in [0.15, 0.2) is 48.0 Å². The Morgan fingerprint density at radius 2 is 2.30 bits per heavy atom. The number of rotatable bonds is 5. The van der Waals surface area contributed by atoms with Gasteiger partial charge in [0.15, 0.2) is 5.96 Å². The second-order valence-corrected chi connectivity index (χ2v) is 6.72. The Bertz CT molecular complexity index is 750. The number of nitrogens with zero attached hydrogens (tertiary/aromatic N) is 4. The van der Waals surface area contributed by atoms with Gasteiger partial charge in [-0.1, -0.05) is 19.1 Å². The number of ether oxygens (including phenoxy) is 1. The quantitative estimate of drug-likeness (QED) is 0.643. The second kappa shape index (κ2) is 8.83. The molecule has 0 saturated carbocycles. The third-order valence-corrected chi connectivity index (χ3v) is 4.91. The number of aliphatic imine (C=N–C) groups is 1. The van der Waals surface area contributed by atoms with Crippen LogP contribution in [0.2, 0.25) is 0 Å². The lowest BCUT2D eigenvalue weighted by Gasteiger charge is -2.39. The summed E-state index contributed by atoms with van der Waals surface area (Å²) in [4.78, 5) is 10.8. The molecule has 0 amide bonds. The van der Waals surface area contributed by atoms with Crippen molar-refractivity contribution in [2.24, 2.45) is 10.9 Å². The van der Waals surface area contributed by atoms with E-state index in [9.17, 15) is 8.78 Å². The molecule has 1 N–H and O–H groups in total. The van der Waals surface area contributed by atoms with Gasteiger partial charge in [-0.05, 0) is 30.0 Å². The van der Waals surface area contributed by atoms with Gasteiger partial charge in [0.25, 0.3) is 0 Å². The fourth-order valence-corrected chi connectivity index (χ4v) is 3.44. The molecule has 1 aliphatic heterocycles. The summed E-state index contributed by atoms with van der Waals surface area (Å²) in [5.41, 5.74) is 0.853. The minimum atomic E-state index is -2.82. The van der Waals surface area contributed by atoms with Crippen LogP contribution in [0.1, 0.15) is 24.9 Å². The molecular formula is C19H25F2N5O. The van der Waals surface area contributed by atoms with Gasteiger partial charge in [0, 0.05) is 39.1 Å².